The fourth-order valence-electron chi connectivity index (χ4n) is 3.03. The van der Waals surface area contributed by atoms with Gasteiger partial charge in [-0.05, 0) is 17.5 Å². The quantitative estimate of drug-likeness (QED) is 0.838. The van der Waals surface area contributed by atoms with Gasteiger partial charge in [0.05, 0.1) is 6.54 Å². The maximum absolute atomic E-state index is 12.4. The molecule has 0 aromatic heterocycles. The Morgan fingerprint density at radius 1 is 1.08 bits per heavy atom. The van der Waals surface area contributed by atoms with E-state index in [1.54, 1.807) is 7.05 Å². The summed E-state index contributed by atoms with van der Waals surface area (Å²) < 4.78 is 0. The summed E-state index contributed by atoms with van der Waals surface area (Å²) in [6.07, 6.45) is 0. The van der Waals surface area contributed by atoms with E-state index in [0.717, 1.165) is 26.2 Å². The average molecular weight is 346 g/mol. The summed E-state index contributed by atoms with van der Waals surface area (Å²) in [7, 11) is 1.59. The SMILES string of the molecule is CNC(=O)[C@@H](NC(=O)CN1CCN(c2ccccc2)CC1)C(C)(C)C. The fraction of sp³-hybridized carbons (Fsp3) is 0.579. The number of para-hydroxylation sites is 1. The predicted octanol–water partition coefficient (Wildman–Crippen LogP) is 1.09. The standard InChI is InChI=1S/C19H30N4O2/c1-19(2,3)17(18(25)20-4)21-16(24)14-22-10-12-23(13-11-22)15-8-6-5-7-9-15/h5-9,17H,10-14H2,1-4H3,(H,20,25)(H,21,24)/t17-/m1/s1. The Labute approximate surface area is 150 Å². The van der Waals surface area contributed by atoms with Gasteiger partial charge in [-0.1, -0.05) is 39.0 Å². The molecule has 1 aliphatic rings. The van der Waals surface area contributed by atoms with Crippen molar-refractivity contribution in [3.05, 3.63) is 30.3 Å². The number of benzene rings is 1. The first-order valence-electron chi connectivity index (χ1n) is 8.84. The number of hydrogen-bond donors (Lipinski definition) is 2. The Balaban J connectivity index is 1.84. The van der Waals surface area contributed by atoms with Gasteiger partial charge in [-0.25, -0.2) is 0 Å². The van der Waals surface area contributed by atoms with Gasteiger partial charge < -0.3 is 15.5 Å². The number of nitrogens with one attached hydrogen (secondary N) is 2. The lowest BCUT2D eigenvalue weighted by molar-refractivity contribution is -0.131. The van der Waals surface area contributed by atoms with Crippen molar-refractivity contribution in [3.63, 3.8) is 0 Å². The normalized spacial score (nSPS) is 17.0. The molecule has 2 N–H and O–H groups in total. The molecule has 0 radical (unpaired) electrons. The predicted molar refractivity (Wildman–Crippen MR) is 101 cm³/mol. The smallest absolute Gasteiger partial charge is 0.242 e. The van der Waals surface area contributed by atoms with Gasteiger partial charge in [0.2, 0.25) is 11.8 Å². The van der Waals surface area contributed by atoms with Crippen LogP contribution in [-0.2, 0) is 9.59 Å². The largest absolute Gasteiger partial charge is 0.369 e. The summed E-state index contributed by atoms with van der Waals surface area (Å²) in [6, 6.07) is 9.79. The summed E-state index contributed by atoms with van der Waals surface area (Å²) in [6.45, 7) is 9.64. The van der Waals surface area contributed by atoms with E-state index < -0.39 is 6.04 Å². The molecule has 0 unspecified atom stereocenters. The van der Waals surface area contributed by atoms with Gasteiger partial charge >= 0.3 is 0 Å². The van der Waals surface area contributed by atoms with Crippen LogP contribution in [0.2, 0.25) is 0 Å². The van der Waals surface area contributed by atoms with Gasteiger partial charge in [0.1, 0.15) is 6.04 Å². The summed E-state index contributed by atoms with van der Waals surface area (Å²) >= 11 is 0. The molecule has 25 heavy (non-hydrogen) atoms. The molecule has 6 nitrogen and oxygen atoms in total. The monoisotopic (exact) mass is 346 g/mol. The Hall–Kier alpha value is -2.08. The third-order valence-electron chi connectivity index (χ3n) is 4.54. The minimum Gasteiger partial charge on any atom is -0.369 e. The van der Waals surface area contributed by atoms with E-state index in [2.05, 4.69) is 32.6 Å². The highest BCUT2D eigenvalue weighted by Crippen LogP contribution is 2.19. The van der Waals surface area contributed by atoms with Crippen molar-refractivity contribution in [2.75, 3.05) is 44.7 Å². The van der Waals surface area contributed by atoms with Crippen LogP contribution in [0.3, 0.4) is 0 Å². The average Bonchev–Trinajstić information content (AvgIpc) is 2.59. The summed E-state index contributed by atoms with van der Waals surface area (Å²) in [4.78, 5) is 28.9. The number of rotatable bonds is 5. The van der Waals surface area contributed by atoms with Crippen LogP contribution in [0, 0.1) is 5.41 Å². The molecule has 1 aromatic rings. The highest BCUT2D eigenvalue weighted by molar-refractivity contribution is 5.88. The van der Waals surface area contributed by atoms with Gasteiger partial charge in [-0.2, -0.15) is 0 Å². The van der Waals surface area contributed by atoms with E-state index in [0.29, 0.717) is 6.54 Å². The first-order chi connectivity index (χ1) is 11.8. The van der Waals surface area contributed by atoms with E-state index in [4.69, 9.17) is 0 Å². The minimum absolute atomic E-state index is 0.100. The molecule has 2 amide bonds. The van der Waals surface area contributed by atoms with Crippen LogP contribution >= 0.6 is 0 Å². The van der Waals surface area contributed by atoms with Crippen LogP contribution in [0.5, 0.6) is 0 Å². The van der Waals surface area contributed by atoms with Crippen molar-refractivity contribution in [1.29, 1.82) is 0 Å². The Morgan fingerprint density at radius 2 is 1.68 bits per heavy atom. The molecule has 0 bridgehead atoms. The second-order valence-corrected chi connectivity index (χ2v) is 7.58. The molecular weight excluding hydrogens is 316 g/mol. The molecule has 1 aliphatic heterocycles. The number of nitrogens with zero attached hydrogens (tertiary/aromatic N) is 2. The zero-order valence-corrected chi connectivity index (χ0v) is 15.7. The number of hydrogen-bond acceptors (Lipinski definition) is 4. The third-order valence-corrected chi connectivity index (χ3v) is 4.54. The topological polar surface area (TPSA) is 64.7 Å². The number of likely N-dealkylation sites (N-methyl/N-ethyl adjacent to an activating group) is 1. The Kier molecular flexibility index (Phi) is 6.42. The van der Waals surface area contributed by atoms with Gasteiger partial charge in [0.15, 0.2) is 0 Å². The van der Waals surface area contributed by atoms with E-state index in [1.165, 1.54) is 5.69 Å². The lowest BCUT2D eigenvalue weighted by atomic mass is 9.86. The first kappa shape index (κ1) is 19.2. The highest BCUT2D eigenvalue weighted by Gasteiger charge is 2.32. The first-order valence-corrected chi connectivity index (χ1v) is 8.84. The molecule has 1 heterocycles. The van der Waals surface area contributed by atoms with Gasteiger partial charge in [-0.3, -0.25) is 14.5 Å². The molecule has 1 saturated heterocycles. The second-order valence-electron chi connectivity index (χ2n) is 7.58. The highest BCUT2D eigenvalue weighted by atomic mass is 16.2. The van der Waals surface area contributed by atoms with Gasteiger partial charge in [0.25, 0.3) is 0 Å². The molecule has 1 fully saturated rings. The van der Waals surface area contributed by atoms with Crippen molar-refractivity contribution >= 4 is 17.5 Å². The zero-order valence-electron chi connectivity index (χ0n) is 15.7. The molecular formula is C19H30N4O2. The lowest BCUT2D eigenvalue weighted by Crippen LogP contribution is -2.56. The van der Waals surface area contributed by atoms with Crippen LogP contribution in [0.15, 0.2) is 30.3 Å². The van der Waals surface area contributed by atoms with E-state index in [-0.39, 0.29) is 17.2 Å². The fourth-order valence-corrected chi connectivity index (χ4v) is 3.03. The van der Waals surface area contributed by atoms with Crippen LogP contribution in [-0.4, -0.2) is 62.5 Å². The molecule has 138 valence electrons. The van der Waals surface area contributed by atoms with E-state index in [9.17, 15) is 9.59 Å². The molecule has 1 atom stereocenters. The second kappa shape index (κ2) is 8.34. The lowest BCUT2D eigenvalue weighted by Gasteiger charge is -2.36. The van der Waals surface area contributed by atoms with Gasteiger partial charge in [0, 0.05) is 38.9 Å². The van der Waals surface area contributed by atoms with Crippen LogP contribution in [0.25, 0.3) is 0 Å². The molecule has 1 aromatic carbocycles. The Morgan fingerprint density at radius 3 is 2.20 bits per heavy atom. The zero-order chi connectivity index (χ0) is 18.4. The Bertz CT molecular complexity index is 575. The minimum atomic E-state index is -0.532. The third kappa shape index (κ3) is 5.46. The molecule has 6 heteroatoms. The summed E-state index contributed by atoms with van der Waals surface area (Å²) in [5.41, 5.74) is 0.890. The maximum atomic E-state index is 12.4. The number of carbonyl (C=O) groups excluding carboxylic acids is 2. The number of amides is 2. The number of piperazine rings is 1. The maximum Gasteiger partial charge on any atom is 0.242 e. The van der Waals surface area contributed by atoms with Crippen LogP contribution < -0.4 is 15.5 Å². The van der Waals surface area contributed by atoms with Crippen molar-refractivity contribution < 1.29 is 9.59 Å². The summed E-state index contributed by atoms with van der Waals surface area (Å²) in [5, 5.41) is 5.52. The molecule has 2 rings (SSSR count). The molecule has 0 spiro atoms. The van der Waals surface area contributed by atoms with Crippen molar-refractivity contribution in [3.8, 4) is 0 Å². The van der Waals surface area contributed by atoms with Crippen molar-refractivity contribution in [2.24, 2.45) is 5.41 Å². The van der Waals surface area contributed by atoms with Crippen LogP contribution in [0.4, 0.5) is 5.69 Å². The molecule has 0 saturated carbocycles. The summed E-state index contributed by atoms with van der Waals surface area (Å²) in [5.74, 6) is -0.258. The number of anilines is 1. The van der Waals surface area contributed by atoms with Crippen molar-refractivity contribution in [1.82, 2.24) is 15.5 Å². The van der Waals surface area contributed by atoms with E-state index in [1.807, 2.05) is 39.0 Å². The van der Waals surface area contributed by atoms with Crippen LogP contribution in [0.1, 0.15) is 20.8 Å². The molecule has 0 aliphatic carbocycles. The van der Waals surface area contributed by atoms with Gasteiger partial charge in [-0.15, -0.1) is 0 Å². The van der Waals surface area contributed by atoms with E-state index >= 15 is 0 Å². The number of carbonyl (C=O) groups is 2. The van der Waals surface area contributed by atoms with Crippen molar-refractivity contribution in [2.45, 2.75) is 26.8 Å².